The van der Waals surface area contributed by atoms with Crippen molar-refractivity contribution in [3.8, 4) is 11.3 Å². The summed E-state index contributed by atoms with van der Waals surface area (Å²) in [6.07, 6.45) is 0. The molecule has 0 radical (unpaired) electrons. The summed E-state index contributed by atoms with van der Waals surface area (Å²) in [7, 11) is 0. The smallest absolute Gasteiger partial charge is 0.341 e. The van der Waals surface area contributed by atoms with Crippen LogP contribution in [0, 0.1) is 6.92 Å². The first-order valence-corrected chi connectivity index (χ1v) is 6.55. The minimum Gasteiger partial charge on any atom is -0.462 e. The Morgan fingerprint density at radius 2 is 2.00 bits per heavy atom. The van der Waals surface area contributed by atoms with E-state index in [4.69, 9.17) is 4.74 Å². The first-order valence-electron chi connectivity index (χ1n) is 5.75. The van der Waals surface area contributed by atoms with Crippen molar-refractivity contribution in [3.63, 3.8) is 0 Å². The van der Waals surface area contributed by atoms with Gasteiger partial charge in [-0.1, -0.05) is 30.3 Å². The van der Waals surface area contributed by atoms with Crippen LogP contribution < -0.4 is 0 Å². The van der Waals surface area contributed by atoms with E-state index < -0.39 is 0 Å². The summed E-state index contributed by atoms with van der Waals surface area (Å²) in [6, 6.07) is 9.86. The van der Waals surface area contributed by atoms with Gasteiger partial charge in [0.2, 0.25) is 0 Å². The van der Waals surface area contributed by atoms with Crippen molar-refractivity contribution in [3.05, 3.63) is 46.1 Å². The van der Waals surface area contributed by atoms with Crippen LogP contribution in [0.15, 0.2) is 34.8 Å². The van der Waals surface area contributed by atoms with Crippen LogP contribution in [-0.2, 0) is 4.74 Å². The van der Waals surface area contributed by atoms with Gasteiger partial charge in [-0.05, 0) is 35.3 Å². The van der Waals surface area contributed by atoms with Gasteiger partial charge in [0.1, 0.15) is 0 Å². The lowest BCUT2D eigenvalue weighted by Gasteiger charge is -2.02. The largest absolute Gasteiger partial charge is 0.462 e. The predicted octanol–water partition coefficient (Wildman–Crippen LogP) is 3.93. The van der Waals surface area contributed by atoms with Gasteiger partial charge >= 0.3 is 5.97 Å². The molecule has 0 amide bonds. The number of aromatic nitrogens is 1. The SMILES string of the molecule is CCOC(=O)c1c(C)[nH]c(-c2ccccc2)c1Br. The second-order valence-corrected chi connectivity index (χ2v) is 4.69. The molecule has 1 heterocycles. The normalized spacial score (nSPS) is 10.4. The number of benzene rings is 1. The van der Waals surface area contributed by atoms with Gasteiger partial charge in [-0.25, -0.2) is 4.79 Å². The number of H-pyrrole nitrogens is 1. The number of hydrogen-bond donors (Lipinski definition) is 1. The highest BCUT2D eigenvalue weighted by Crippen LogP contribution is 2.33. The molecule has 1 aromatic heterocycles. The van der Waals surface area contributed by atoms with Crippen LogP contribution in [0.2, 0.25) is 0 Å². The molecule has 1 N–H and O–H groups in total. The highest BCUT2D eigenvalue weighted by Gasteiger charge is 2.20. The summed E-state index contributed by atoms with van der Waals surface area (Å²) in [5, 5.41) is 0. The zero-order chi connectivity index (χ0) is 13.1. The Hall–Kier alpha value is -1.55. The lowest BCUT2D eigenvalue weighted by atomic mass is 10.1. The Labute approximate surface area is 114 Å². The molecule has 0 aliphatic carbocycles. The second-order valence-electron chi connectivity index (χ2n) is 3.90. The standard InChI is InChI=1S/C14H14BrNO2/c1-3-18-14(17)11-9(2)16-13(12(11)15)10-7-5-4-6-8-10/h4-8,16H,3H2,1-2H3. The predicted molar refractivity (Wildman–Crippen MR) is 74.6 cm³/mol. The first-order chi connectivity index (χ1) is 8.65. The van der Waals surface area contributed by atoms with Crippen molar-refractivity contribution < 1.29 is 9.53 Å². The van der Waals surface area contributed by atoms with Crippen LogP contribution in [0.5, 0.6) is 0 Å². The first kappa shape index (κ1) is 12.9. The molecule has 0 spiro atoms. The van der Waals surface area contributed by atoms with Crippen molar-refractivity contribution in [1.29, 1.82) is 0 Å². The topological polar surface area (TPSA) is 42.1 Å². The molecule has 0 aliphatic rings. The molecule has 0 saturated heterocycles. The molecule has 0 atom stereocenters. The van der Waals surface area contributed by atoms with Gasteiger partial charge in [-0.3, -0.25) is 0 Å². The van der Waals surface area contributed by atoms with Gasteiger partial charge in [-0.2, -0.15) is 0 Å². The molecular formula is C14H14BrNO2. The van der Waals surface area contributed by atoms with Gasteiger partial charge in [0.05, 0.1) is 22.3 Å². The Kier molecular flexibility index (Phi) is 3.87. The molecule has 18 heavy (non-hydrogen) atoms. The van der Waals surface area contributed by atoms with E-state index in [1.807, 2.05) is 37.3 Å². The number of nitrogens with one attached hydrogen (secondary N) is 1. The second kappa shape index (κ2) is 5.40. The fourth-order valence-electron chi connectivity index (χ4n) is 1.84. The third-order valence-corrected chi connectivity index (χ3v) is 3.46. The number of aryl methyl sites for hydroxylation is 1. The monoisotopic (exact) mass is 307 g/mol. The zero-order valence-corrected chi connectivity index (χ0v) is 11.9. The Balaban J connectivity index is 2.47. The minimum atomic E-state index is -0.305. The van der Waals surface area contributed by atoms with E-state index in [2.05, 4.69) is 20.9 Å². The average Bonchev–Trinajstić information content (AvgIpc) is 2.66. The number of carbonyl (C=O) groups excluding carboxylic acids is 1. The molecular weight excluding hydrogens is 294 g/mol. The highest BCUT2D eigenvalue weighted by molar-refractivity contribution is 9.10. The van der Waals surface area contributed by atoms with E-state index >= 15 is 0 Å². The fraction of sp³-hybridized carbons (Fsp3) is 0.214. The zero-order valence-electron chi connectivity index (χ0n) is 10.3. The number of rotatable bonds is 3. The molecule has 2 rings (SSSR count). The summed E-state index contributed by atoms with van der Waals surface area (Å²) < 4.78 is 5.80. The van der Waals surface area contributed by atoms with Gasteiger partial charge in [0, 0.05) is 5.69 Å². The van der Waals surface area contributed by atoms with Crippen LogP contribution in [0.3, 0.4) is 0 Å². The van der Waals surface area contributed by atoms with E-state index in [1.54, 1.807) is 6.92 Å². The summed E-state index contributed by atoms with van der Waals surface area (Å²) in [5.41, 5.74) is 3.30. The summed E-state index contributed by atoms with van der Waals surface area (Å²) in [6.45, 7) is 4.03. The maximum absolute atomic E-state index is 11.9. The quantitative estimate of drug-likeness (QED) is 0.873. The highest BCUT2D eigenvalue weighted by atomic mass is 79.9. The Morgan fingerprint density at radius 1 is 1.33 bits per heavy atom. The van der Waals surface area contributed by atoms with Crippen LogP contribution in [-0.4, -0.2) is 17.6 Å². The maximum Gasteiger partial charge on any atom is 0.341 e. The van der Waals surface area contributed by atoms with Crippen molar-refractivity contribution in [1.82, 2.24) is 4.98 Å². The lowest BCUT2D eigenvalue weighted by Crippen LogP contribution is -2.05. The van der Waals surface area contributed by atoms with Crippen LogP contribution in [0.1, 0.15) is 23.0 Å². The van der Waals surface area contributed by atoms with Gasteiger partial charge in [0.25, 0.3) is 0 Å². The molecule has 0 aliphatic heterocycles. The Morgan fingerprint density at radius 3 is 2.61 bits per heavy atom. The molecule has 2 aromatic rings. The molecule has 0 saturated carbocycles. The van der Waals surface area contributed by atoms with Crippen molar-refractivity contribution in [2.24, 2.45) is 0 Å². The number of aromatic amines is 1. The lowest BCUT2D eigenvalue weighted by molar-refractivity contribution is 0.0525. The average molecular weight is 308 g/mol. The molecule has 4 heteroatoms. The molecule has 3 nitrogen and oxygen atoms in total. The van der Waals surface area contributed by atoms with E-state index in [0.29, 0.717) is 12.2 Å². The summed E-state index contributed by atoms with van der Waals surface area (Å²) in [5.74, 6) is -0.305. The van der Waals surface area contributed by atoms with Crippen LogP contribution in [0.4, 0.5) is 0 Å². The van der Waals surface area contributed by atoms with E-state index in [-0.39, 0.29) is 5.97 Å². The van der Waals surface area contributed by atoms with Crippen LogP contribution >= 0.6 is 15.9 Å². The molecule has 0 unspecified atom stereocenters. The van der Waals surface area contributed by atoms with Gasteiger partial charge in [0.15, 0.2) is 0 Å². The molecule has 0 bridgehead atoms. The number of halogens is 1. The summed E-state index contributed by atoms with van der Waals surface area (Å²) in [4.78, 5) is 15.1. The van der Waals surface area contributed by atoms with Crippen LogP contribution in [0.25, 0.3) is 11.3 Å². The van der Waals surface area contributed by atoms with E-state index in [9.17, 15) is 4.79 Å². The number of hydrogen-bond acceptors (Lipinski definition) is 2. The van der Waals surface area contributed by atoms with Crippen molar-refractivity contribution in [2.75, 3.05) is 6.61 Å². The Bertz CT molecular complexity index is 561. The summed E-state index contributed by atoms with van der Waals surface area (Å²) >= 11 is 3.48. The fourth-order valence-corrected chi connectivity index (χ4v) is 2.63. The molecule has 94 valence electrons. The van der Waals surface area contributed by atoms with Crippen molar-refractivity contribution >= 4 is 21.9 Å². The van der Waals surface area contributed by atoms with E-state index in [0.717, 1.165) is 21.4 Å². The third-order valence-electron chi connectivity index (χ3n) is 2.67. The molecule has 0 fully saturated rings. The van der Waals surface area contributed by atoms with E-state index in [1.165, 1.54) is 0 Å². The van der Waals surface area contributed by atoms with Gasteiger partial charge in [-0.15, -0.1) is 0 Å². The number of ether oxygens (including phenoxy) is 1. The molecule has 1 aromatic carbocycles. The van der Waals surface area contributed by atoms with Crippen molar-refractivity contribution in [2.45, 2.75) is 13.8 Å². The van der Waals surface area contributed by atoms with Gasteiger partial charge < -0.3 is 9.72 Å². The maximum atomic E-state index is 11.9. The third kappa shape index (κ3) is 2.34. The number of esters is 1. The minimum absolute atomic E-state index is 0.305. The number of carbonyl (C=O) groups is 1.